The topological polar surface area (TPSA) is 87.3 Å². The summed E-state index contributed by atoms with van der Waals surface area (Å²) < 4.78 is 40.8. The highest BCUT2D eigenvalue weighted by atomic mass is 35.5. The molecular weight excluding hydrogens is 566 g/mol. The average Bonchev–Trinajstić information content (AvgIpc) is 3.41. The standard InChI is InChI=1S/C26H21Cl3F3N3O3/c1-4-15(7-5-12(2)33-13(3)36)34-24(37)17-10-16(11-20(31)23(17)32)35-25(38)22-21(26(22,28)29)14-6-8-19(30)18(27)9-14/h4-11,21-22H,1H2,2-3H3,(H,33,36)(H,34,37)(H,35,38)/b12-5+,15-7+/t21-,22?/m1/s1. The Bertz CT molecular complexity index is 1390. The fraction of sp³-hybridized carbons (Fsp3) is 0.192. The number of carbonyl (C=O) groups is 3. The molecule has 0 aromatic heterocycles. The lowest BCUT2D eigenvalue weighted by Crippen LogP contribution is -2.24. The van der Waals surface area contributed by atoms with E-state index in [-0.39, 0.29) is 22.3 Å². The van der Waals surface area contributed by atoms with Crippen LogP contribution >= 0.6 is 34.8 Å². The lowest BCUT2D eigenvalue weighted by Gasteiger charge is -2.11. The van der Waals surface area contributed by atoms with E-state index in [9.17, 15) is 27.6 Å². The number of rotatable bonds is 8. The summed E-state index contributed by atoms with van der Waals surface area (Å²) in [4.78, 5) is 36.7. The molecule has 0 radical (unpaired) electrons. The Kier molecular flexibility index (Phi) is 8.97. The molecule has 0 spiro atoms. The molecular formula is C26H21Cl3F3N3O3. The lowest BCUT2D eigenvalue weighted by atomic mass is 10.1. The predicted molar refractivity (Wildman–Crippen MR) is 140 cm³/mol. The van der Waals surface area contributed by atoms with E-state index in [0.29, 0.717) is 17.3 Å². The fourth-order valence-corrected chi connectivity index (χ4v) is 4.73. The summed E-state index contributed by atoms with van der Waals surface area (Å²) in [6.45, 7) is 6.47. The molecule has 3 rings (SSSR count). The van der Waals surface area contributed by atoms with Crippen molar-refractivity contribution in [1.29, 1.82) is 0 Å². The molecule has 0 aliphatic heterocycles. The van der Waals surface area contributed by atoms with Gasteiger partial charge in [0, 0.05) is 36.0 Å². The molecule has 12 heteroatoms. The average molecular weight is 587 g/mol. The van der Waals surface area contributed by atoms with Crippen molar-refractivity contribution in [3.63, 3.8) is 0 Å². The summed E-state index contributed by atoms with van der Waals surface area (Å²) in [6, 6.07) is 5.44. The van der Waals surface area contributed by atoms with Gasteiger partial charge < -0.3 is 16.0 Å². The Balaban J connectivity index is 1.79. The Morgan fingerprint density at radius 3 is 2.29 bits per heavy atom. The van der Waals surface area contributed by atoms with Crippen LogP contribution in [0.4, 0.5) is 18.9 Å². The van der Waals surface area contributed by atoms with E-state index >= 15 is 0 Å². The van der Waals surface area contributed by atoms with Gasteiger partial charge in [-0.15, -0.1) is 23.2 Å². The second-order valence-corrected chi connectivity index (χ2v) is 10.3. The third kappa shape index (κ3) is 6.59. The Hall–Kier alpha value is -3.27. The molecule has 0 saturated heterocycles. The first-order valence-electron chi connectivity index (χ1n) is 11.0. The van der Waals surface area contributed by atoms with Crippen LogP contribution in [-0.2, 0) is 9.59 Å². The SMILES string of the molecule is C=C/C(=C\C=C(/C)NC(C)=O)NC(=O)c1cc(NC(=O)C2[C@@H](c3ccc(F)c(Cl)c3)C2(Cl)Cl)cc(F)c1F. The molecule has 2 atom stereocenters. The molecule has 38 heavy (non-hydrogen) atoms. The van der Waals surface area contributed by atoms with E-state index in [2.05, 4.69) is 22.5 Å². The summed E-state index contributed by atoms with van der Waals surface area (Å²) in [5.74, 6) is -7.31. The number of hydrogen-bond acceptors (Lipinski definition) is 3. The van der Waals surface area contributed by atoms with E-state index in [1.54, 1.807) is 6.92 Å². The van der Waals surface area contributed by atoms with Gasteiger partial charge in [0.2, 0.25) is 11.8 Å². The van der Waals surface area contributed by atoms with Crippen LogP contribution in [0.2, 0.25) is 5.02 Å². The van der Waals surface area contributed by atoms with Crippen LogP contribution in [-0.4, -0.2) is 22.1 Å². The van der Waals surface area contributed by atoms with Gasteiger partial charge in [-0.1, -0.05) is 24.2 Å². The number of carbonyl (C=O) groups excluding carboxylic acids is 3. The Morgan fingerprint density at radius 2 is 1.68 bits per heavy atom. The van der Waals surface area contributed by atoms with Gasteiger partial charge >= 0.3 is 0 Å². The number of allylic oxidation sites excluding steroid dienone is 4. The summed E-state index contributed by atoms with van der Waals surface area (Å²) in [5, 5.41) is 7.11. The minimum absolute atomic E-state index is 0.127. The maximum Gasteiger partial charge on any atom is 0.258 e. The first-order chi connectivity index (χ1) is 17.8. The van der Waals surface area contributed by atoms with Crippen LogP contribution in [0.3, 0.4) is 0 Å². The third-order valence-electron chi connectivity index (χ3n) is 5.54. The molecule has 2 aromatic rings. The van der Waals surface area contributed by atoms with Gasteiger partial charge in [0.15, 0.2) is 11.6 Å². The number of amides is 3. The lowest BCUT2D eigenvalue weighted by molar-refractivity contribution is -0.118. The van der Waals surface area contributed by atoms with Crippen LogP contribution < -0.4 is 16.0 Å². The monoisotopic (exact) mass is 585 g/mol. The van der Waals surface area contributed by atoms with E-state index < -0.39 is 51.0 Å². The quantitative estimate of drug-likeness (QED) is 0.257. The van der Waals surface area contributed by atoms with Gasteiger partial charge in [-0.3, -0.25) is 14.4 Å². The van der Waals surface area contributed by atoms with Crippen molar-refractivity contribution in [2.45, 2.75) is 24.1 Å². The number of hydrogen-bond donors (Lipinski definition) is 3. The van der Waals surface area contributed by atoms with Crippen molar-refractivity contribution in [3.05, 3.63) is 100 Å². The van der Waals surface area contributed by atoms with Gasteiger partial charge in [-0.05, 0) is 48.9 Å². The van der Waals surface area contributed by atoms with Crippen molar-refractivity contribution in [2.75, 3.05) is 5.32 Å². The molecule has 2 aromatic carbocycles. The fourth-order valence-electron chi connectivity index (χ4n) is 3.71. The van der Waals surface area contributed by atoms with Gasteiger partial charge in [-0.25, -0.2) is 13.2 Å². The smallest absolute Gasteiger partial charge is 0.258 e. The number of anilines is 1. The number of benzene rings is 2. The molecule has 1 aliphatic carbocycles. The second-order valence-electron chi connectivity index (χ2n) is 8.42. The highest BCUT2D eigenvalue weighted by molar-refractivity contribution is 6.53. The van der Waals surface area contributed by atoms with Crippen LogP contribution in [0.25, 0.3) is 0 Å². The summed E-state index contributed by atoms with van der Waals surface area (Å²) in [7, 11) is 0. The molecule has 1 unspecified atom stereocenters. The van der Waals surface area contributed by atoms with Crippen molar-refractivity contribution in [3.8, 4) is 0 Å². The zero-order chi connectivity index (χ0) is 28.4. The molecule has 1 aliphatic rings. The minimum atomic E-state index is -1.56. The number of alkyl halides is 2. The van der Waals surface area contributed by atoms with E-state index in [1.807, 2.05) is 0 Å². The predicted octanol–water partition coefficient (Wildman–Crippen LogP) is 6.12. The molecule has 200 valence electrons. The van der Waals surface area contributed by atoms with Crippen molar-refractivity contribution in [1.82, 2.24) is 10.6 Å². The van der Waals surface area contributed by atoms with Crippen LogP contribution in [0, 0.1) is 23.4 Å². The minimum Gasteiger partial charge on any atom is -0.330 e. The van der Waals surface area contributed by atoms with Gasteiger partial charge in [0.05, 0.1) is 16.5 Å². The van der Waals surface area contributed by atoms with Gasteiger partial charge in [0.25, 0.3) is 5.91 Å². The van der Waals surface area contributed by atoms with Crippen LogP contribution in [0.1, 0.15) is 35.7 Å². The molecule has 6 nitrogen and oxygen atoms in total. The van der Waals surface area contributed by atoms with Gasteiger partial charge in [-0.2, -0.15) is 0 Å². The molecule has 3 N–H and O–H groups in total. The molecule has 1 saturated carbocycles. The third-order valence-corrected chi connectivity index (χ3v) is 6.77. The summed E-state index contributed by atoms with van der Waals surface area (Å²) >= 11 is 18.4. The van der Waals surface area contributed by atoms with E-state index in [0.717, 1.165) is 12.1 Å². The zero-order valence-electron chi connectivity index (χ0n) is 20.0. The number of nitrogens with one attached hydrogen (secondary N) is 3. The number of halogens is 6. The largest absolute Gasteiger partial charge is 0.330 e. The van der Waals surface area contributed by atoms with E-state index in [1.165, 1.54) is 37.3 Å². The van der Waals surface area contributed by atoms with Gasteiger partial charge in [0.1, 0.15) is 10.2 Å². The highest BCUT2D eigenvalue weighted by Gasteiger charge is 2.67. The highest BCUT2D eigenvalue weighted by Crippen LogP contribution is 2.65. The maximum absolute atomic E-state index is 14.5. The molecule has 1 fully saturated rings. The molecule has 0 bridgehead atoms. The second kappa shape index (κ2) is 11.6. The van der Waals surface area contributed by atoms with E-state index in [4.69, 9.17) is 34.8 Å². The van der Waals surface area contributed by atoms with Crippen molar-refractivity contribution >= 4 is 58.2 Å². The molecule has 0 heterocycles. The summed E-state index contributed by atoms with van der Waals surface area (Å²) in [6.07, 6.45) is 4.12. The van der Waals surface area contributed by atoms with Crippen molar-refractivity contribution in [2.24, 2.45) is 5.92 Å². The first-order valence-corrected chi connectivity index (χ1v) is 12.1. The normalized spacial score (nSPS) is 18.4. The Labute approximate surface area is 231 Å². The maximum atomic E-state index is 14.5. The van der Waals surface area contributed by atoms with Crippen molar-refractivity contribution < 1.29 is 27.6 Å². The zero-order valence-corrected chi connectivity index (χ0v) is 22.2. The first kappa shape index (κ1) is 29.3. The van der Waals surface area contributed by atoms with Crippen LogP contribution in [0.15, 0.2) is 66.5 Å². The van der Waals surface area contributed by atoms with Crippen LogP contribution in [0.5, 0.6) is 0 Å². The Morgan fingerprint density at radius 1 is 1.00 bits per heavy atom. The summed E-state index contributed by atoms with van der Waals surface area (Å²) in [5.41, 5.74) is 0.0806. The molecule has 3 amide bonds.